The van der Waals surface area contributed by atoms with Crippen molar-refractivity contribution in [3.63, 3.8) is 0 Å². The number of hydrogen-bond acceptors (Lipinski definition) is 2. The number of aromatic nitrogens is 2. The first-order chi connectivity index (χ1) is 8.36. The second kappa shape index (κ2) is 9.19. The maximum Gasteiger partial charge on any atom is 0.243 e. The molecule has 0 bridgehead atoms. The van der Waals surface area contributed by atoms with Crippen molar-refractivity contribution in [3.8, 4) is 0 Å². The Kier molecular flexibility index (Phi) is 7.67. The fourth-order valence-electron chi connectivity index (χ4n) is 1.54. The second-order valence-electron chi connectivity index (χ2n) is 4.11. The molecule has 98 valence electrons. The van der Waals surface area contributed by atoms with Crippen LogP contribution >= 0.6 is 0 Å². The summed E-state index contributed by atoms with van der Waals surface area (Å²) in [6.07, 6.45) is 8.43. The van der Waals surface area contributed by atoms with Crippen LogP contribution in [0, 0.1) is 0 Å². The molecule has 0 fully saturated rings. The van der Waals surface area contributed by atoms with E-state index in [2.05, 4.69) is 41.7 Å². The lowest BCUT2D eigenvalue weighted by Gasteiger charge is -2.00. The Morgan fingerprint density at radius 1 is 1.00 bits per heavy atom. The lowest BCUT2D eigenvalue weighted by Crippen LogP contribution is -2.33. The summed E-state index contributed by atoms with van der Waals surface area (Å²) in [5, 5.41) is 0. The van der Waals surface area contributed by atoms with E-state index in [0.29, 0.717) is 0 Å². The van der Waals surface area contributed by atoms with Gasteiger partial charge in [0, 0.05) is 13.2 Å². The first kappa shape index (κ1) is 14.2. The van der Waals surface area contributed by atoms with Crippen molar-refractivity contribution in [1.29, 1.82) is 0 Å². The average Bonchev–Trinajstić information content (AvgIpc) is 2.78. The van der Waals surface area contributed by atoms with Crippen molar-refractivity contribution in [2.24, 2.45) is 0 Å². The number of ether oxygens (including phenoxy) is 2. The molecule has 1 heterocycles. The number of imidazole rings is 1. The predicted molar refractivity (Wildman–Crippen MR) is 66.8 cm³/mol. The molecule has 0 unspecified atom stereocenters. The van der Waals surface area contributed by atoms with Gasteiger partial charge in [0.25, 0.3) is 0 Å². The summed E-state index contributed by atoms with van der Waals surface area (Å²) in [7, 11) is 0. The summed E-state index contributed by atoms with van der Waals surface area (Å²) in [4.78, 5) is 0. The fourth-order valence-corrected chi connectivity index (χ4v) is 1.54. The molecule has 0 saturated heterocycles. The van der Waals surface area contributed by atoms with Gasteiger partial charge in [-0.15, -0.1) is 0 Å². The highest BCUT2D eigenvalue weighted by atomic mass is 16.5. The zero-order valence-corrected chi connectivity index (χ0v) is 11.1. The molecule has 0 saturated carbocycles. The highest BCUT2D eigenvalue weighted by Crippen LogP contribution is 1.88. The third-order valence-corrected chi connectivity index (χ3v) is 2.43. The minimum absolute atomic E-state index is 0.787. The molecule has 4 nitrogen and oxygen atoms in total. The summed E-state index contributed by atoms with van der Waals surface area (Å²) < 4.78 is 15.2. The Balaban J connectivity index is 2.14. The van der Waals surface area contributed by atoms with Gasteiger partial charge in [0.1, 0.15) is 25.5 Å². The molecule has 0 atom stereocenters. The third-order valence-electron chi connectivity index (χ3n) is 2.43. The van der Waals surface area contributed by atoms with Crippen LogP contribution in [0.25, 0.3) is 0 Å². The van der Waals surface area contributed by atoms with E-state index in [1.165, 1.54) is 0 Å². The molecule has 17 heavy (non-hydrogen) atoms. The summed E-state index contributed by atoms with van der Waals surface area (Å²) >= 11 is 0. The van der Waals surface area contributed by atoms with E-state index in [4.69, 9.17) is 9.47 Å². The Hall–Kier alpha value is -0.870. The van der Waals surface area contributed by atoms with Crippen LogP contribution in [0.3, 0.4) is 0 Å². The smallest absolute Gasteiger partial charge is 0.243 e. The molecule has 0 N–H and O–H groups in total. The van der Waals surface area contributed by atoms with Crippen molar-refractivity contribution in [2.45, 2.75) is 39.8 Å². The van der Waals surface area contributed by atoms with Gasteiger partial charge in [0.2, 0.25) is 6.33 Å². The third kappa shape index (κ3) is 6.44. The van der Waals surface area contributed by atoms with Gasteiger partial charge < -0.3 is 9.47 Å². The van der Waals surface area contributed by atoms with Gasteiger partial charge in [-0.3, -0.25) is 0 Å². The number of rotatable bonds is 10. The molecule has 1 rings (SSSR count). The van der Waals surface area contributed by atoms with E-state index in [0.717, 1.165) is 52.4 Å². The summed E-state index contributed by atoms with van der Waals surface area (Å²) in [5.41, 5.74) is 0. The van der Waals surface area contributed by atoms with Gasteiger partial charge in [-0.05, 0) is 12.8 Å². The van der Waals surface area contributed by atoms with Crippen LogP contribution in [0.2, 0.25) is 0 Å². The van der Waals surface area contributed by atoms with E-state index in [1.807, 2.05) is 0 Å². The van der Waals surface area contributed by atoms with E-state index < -0.39 is 0 Å². The summed E-state index contributed by atoms with van der Waals surface area (Å²) in [6, 6.07) is 0. The van der Waals surface area contributed by atoms with E-state index >= 15 is 0 Å². The Bertz CT molecular complexity index is 260. The first-order valence-electron chi connectivity index (χ1n) is 6.57. The van der Waals surface area contributed by atoms with Crippen LogP contribution in [0.4, 0.5) is 0 Å². The molecule has 0 spiro atoms. The molecule has 0 aromatic carbocycles. The molecule has 1 aromatic rings. The van der Waals surface area contributed by atoms with Crippen LogP contribution in [0.15, 0.2) is 18.7 Å². The maximum absolute atomic E-state index is 5.45. The SMILES string of the molecule is CCCOCCn1cc[n+](CCOCCC)c1. The lowest BCUT2D eigenvalue weighted by atomic mass is 10.5. The average molecular weight is 241 g/mol. The molecule has 0 aliphatic rings. The fraction of sp³-hybridized carbons (Fsp3) is 0.769. The van der Waals surface area contributed by atoms with Crippen molar-refractivity contribution in [2.75, 3.05) is 26.4 Å². The minimum Gasteiger partial charge on any atom is -0.377 e. The zero-order chi connectivity index (χ0) is 12.3. The van der Waals surface area contributed by atoms with Crippen LogP contribution in [0.5, 0.6) is 0 Å². The Morgan fingerprint density at radius 2 is 1.71 bits per heavy atom. The highest BCUT2D eigenvalue weighted by molar-refractivity contribution is 4.65. The van der Waals surface area contributed by atoms with Crippen molar-refractivity contribution in [1.82, 2.24) is 4.57 Å². The number of nitrogens with zero attached hydrogens (tertiary/aromatic N) is 2. The van der Waals surface area contributed by atoms with Gasteiger partial charge in [0.15, 0.2) is 0 Å². The van der Waals surface area contributed by atoms with E-state index in [1.54, 1.807) is 0 Å². The molecule has 4 heteroatoms. The van der Waals surface area contributed by atoms with Gasteiger partial charge in [0.05, 0.1) is 13.2 Å². The molecular weight excluding hydrogens is 216 g/mol. The van der Waals surface area contributed by atoms with E-state index in [-0.39, 0.29) is 0 Å². The van der Waals surface area contributed by atoms with Crippen LogP contribution in [-0.2, 0) is 22.6 Å². The minimum atomic E-state index is 0.787. The Morgan fingerprint density at radius 3 is 2.41 bits per heavy atom. The first-order valence-corrected chi connectivity index (χ1v) is 6.57. The van der Waals surface area contributed by atoms with E-state index in [9.17, 15) is 0 Å². The lowest BCUT2D eigenvalue weighted by molar-refractivity contribution is -0.698. The highest BCUT2D eigenvalue weighted by Gasteiger charge is 2.02. The van der Waals surface area contributed by atoms with Gasteiger partial charge in [-0.2, -0.15) is 0 Å². The monoisotopic (exact) mass is 241 g/mol. The van der Waals surface area contributed by atoms with Crippen molar-refractivity contribution in [3.05, 3.63) is 18.7 Å². The largest absolute Gasteiger partial charge is 0.377 e. The van der Waals surface area contributed by atoms with Crippen LogP contribution in [-0.4, -0.2) is 31.0 Å². The number of hydrogen-bond donors (Lipinski definition) is 0. The normalized spacial score (nSPS) is 10.9. The van der Waals surface area contributed by atoms with Gasteiger partial charge >= 0.3 is 0 Å². The van der Waals surface area contributed by atoms with Crippen LogP contribution in [0.1, 0.15) is 26.7 Å². The quantitative estimate of drug-likeness (QED) is 0.460. The molecule has 0 aliphatic carbocycles. The van der Waals surface area contributed by atoms with Gasteiger partial charge in [-0.1, -0.05) is 13.8 Å². The summed E-state index contributed by atoms with van der Waals surface area (Å²) in [6.45, 7) is 9.37. The molecule has 0 amide bonds. The zero-order valence-electron chi connectivity index (χ0n) is 11.1. The van der Waals surface area contributed by atoms with Crippen molar-refractivity contribution < 1.29 is 14.0 Å². The molecule has 1 aromatic heterocycles. The molecule has 0 radical (unpaired) electrons. The second-order valence-corrected chi connectivity index (χ2v) is 4.11. The Labute approximate surface area is 104 Å². The summed E-state index contributed by atoms with van der Waals surface area (Å²) in [5.74, 6) is 0. The topological polar surface area (TPSA) is 27.3 Å². The van der Waals surface area contributed by atoms with Gasteiger partial charge in [-0.25, -0.2) is 9.13 Å². The van der Waals surface area contributed by atoms with Crippen LogP contribution < -0.4 is 4.57 Å². The maximum atomic E-state index is 5.45. The molecular formula is C13H25N2O2+. The molecule has 0 aliphatic heterocycles. The standard InChI is InChI=1S/C13H25N2O2/c1-3-9-16-11-7-14-5-6-15(13-14)8-12-17-10-4-2/h5-6,13H,3-4,7-12H2,1-2H3/q+1. The predicted octanol–water partition coefficient (Wildman–Crippen LogP) is 1.63. The van der Waals surface area contributed by atoms with Crippen molar-refractivity contribution >= 4 is 0 Å².